The van der Waals surface area contributed by atoms with Crippen LogP contribution in [0, 0.1) is 21.4 Å². The molecule has 0 N–H and O–H groups in total. The topological polar surface area (TPSA) is 69.4 Å². The number of nitrogens with zero attached hydrogens (tertiary/aromatic N) is 1. The summed E-state index contributed by atoms with van der Waals surface area (Å²) in [5.41, 5.74) is 1.06. The van der Waals surface area contributed by atoms with Gasteiger partial charge < -0.3 is 4.74 Å². The quantitative estimate of drug-likeness (QED) is 0.293. The molecule has 0 saturated heterocycles. The van der Waals surface area contributed by atoms with E-state index in [-0.39, 0.29) is 23.2 Å². The van der Waals surface area contributed by atoms with E-state index in [1.54, 1.807) is 0 Å². The Hall–Kier alpha value is -1.69. The lowest BCUT2D eigenvalue weighted by Gasteiger charge is -2.45. The molecule has 0 unspecified atom stereocenters. The van der Waals surface area contributed by atoms with Gasteiger partial charge in [0.2, 0.25) is 0 Å². The summed E-state index contributed by atoms with van der Waals surface area (Å²) in [6, 6.07) is 5.65. The van der Waals surface area contributed by atoms with Crippen LogP contribution in [0.5, 0.6) is 0 Å². The monoisotopic (exact) mass is 377 g/mol. The molecule has 0 radical (unpaired) electrons. The summed E-state index contributed by atoms with van der Waals surface area (Å²) in [5.74, 6) is 0.274. The van der Waals surface area contributed by atoms with Crippen molar-refractivity contribution in [2.24, 2.45) is 11.3 Å². The molecule has 1 aliphatic rings. The van der Waals surface area contributed by atoms with E-state index in [1.165, 1.54) is 24.3 Å². The fraction of sp³-hybridized carbons (Fsp3) is 0.650. The number of carbonyl (C=O) groups excluding carboxylic acids is 1. The second-order valence-corrected chi connectivity index (χ2v) is 15.1. The molecule has 0 aliphatic heterocycles. The standard InChI is InChI=1S/C20H31NO4Si/c1-20(2,3)15-9-12-17(18(13-15)26(4,5)6)25-19(22)14-7-10-16(11-8-14)21(23)24/h7-8,10-11,15,17-18H,9,12-13H2,1-6H3/t15-,17+,18+/m0/s1. The smallest absolute Gasteiger partial charge is 0.338 e. The van der Waals surface area contributed by atoms with E-state index < -0.39 is 13.0 Å². The van der Waals surface area contributed by atoms with Gasteiger partial charge in [-0.1, -0.05) is 40.4 Å². The molecule has 1 fully saturated rings. The van der Waals surface area contributed by atoms with Crippen LogP contribution in [0.4, 0.5) is 5.69 Å². The Balaban J connectivity index is 2.13. The van der Waals surface area contributed by atoms with Crippen molar-refractivity contribution in [2.75, 3.05) is 0 Å². The zero-order chi connectivity index (χ0) is 19.7. The van der Waals surface area contributed by atoms with Gasteiger partial charge in [0, 0.05) is 12.1 Å². The van der Waals surface area contributed by atoms with E-state index in [4.69, 9.17) is 4.74 Å². The van der Waals surface area contributed by atoms with Crippen LogP contribution in [0.2, 0.25) is 25.2 Å². The van der Waals surface area contributed by atoms with Gasteiger partial charge >= 0.3 is 5.97 Å². The molecule has 6 heteroatoms. The van der Waals surface area contributed by atoms with Gasteiger partial charge in [-0.15, -0.1) is 0 Å². The average molecular weight is 378 g/mol. The third kappa shape index (κ3) is 4.93. The van der Waals surface area contributed by atoms with Crippen molar-refractivity contribution in [2.45, 2.75) is 71.3 Å². The third-order valence-electron chi connectivity index (χ3n) is 5.70. The van der Waals surface area contributed by atoms with Gasteiger partial charge in [-0.3, -0.25) is 10.1 Å². The fourth-order valence-corrected chi connectivity index (χ4v) is 6.25. The first-order chi connectivity index (χ1) is 11.9. The summed E-state index contributed by atoms with van der Waals surface area (Å²) in [7, 11) is -1.50. The van der Waals surface area contributed by atoms with E-state index in [2.05, 4.69) is 40.4 Å². The highest BCUT2D eigenvalue weighted by molar-refractivity contribution is 6.77. The predicted molar refractivity (Wildman–Crippen MR) is 106 cm³/mol. The summed E-state index contributed by atoms with van der Waals surface area (Å²) in [4.78, 5) is 22.9. The van der Waals surface area contributed by atoms with Crippen LogP contribution in [-0.2, 0) is 4.74 Å². The first kappa shape index (κ1) is 20.6. The highest BCUT2D eigenvalue weighted by Gasteiger charge is 2.43. The predicted octanol–water partition coefficient (Wildman–Crippen LogP) is 5.67. The number of esters is 1. The summed E-state index contributed by atoms with van der Waals surface area (Å²) in [5, 5.41) is 10.8. The Morgan fingerprint density at radius 1 is 1.15 bits per heavy atom. The lowest BCUT2D eigenvalue weighted by molar-refractivity contribution is -0.384. The number of rotatable bonds is 4. The van der Waals surface area contributed by atoms with Crippen LogP contribution in [-0.4, -0.2) is 25.1 Å². The van der Waals surface area contributed by atoms with Gasteiger partial charge in [0.15, 0.2) is 0 Å². The van der Waals surface area contributed by atoms with Crippen molar-refractivity contribution in [1.29, 1.82) is 0 Å². The fourth-order valence-electron chi connectivity index (χ4n) is 3.91. The first-order valence-electron chi connectivity index (χ1n) is 9.35. The van der Waals surface area contributed by atoms with E-state index in [0.717, 1.165) is 19.3 Å². The molecular weight excluding hydrogens is 346 g/mol. The lowest BCUT2D eigenvalue weighted by Crippen LogP contribution is -2.44. The average Bonchev–Trinajstić information content (AvgIpc) is 2.53. The number of benzene rings is 1. The molecule has 1 aromatic carbocycles. The summed E-state index contributed by atoms with van der Waals surface area (Å²) in [6.45, 7) is 13.9. The number of hydrogen-bond donors (Lipinski definition) is 0. The Bertz CT molecular complexity index is 658. The van der Waals surface area contributed by atoms with E-state index in [0.29, 0.717) is 17.0 Å². The molecule has 1 aromatic rings. The van der Waals surface area contributed by atoms with E-state index in [1.807, 2.05) is 0 Å². The van der Waals surface area contributed by atoms with Gasteiger partial charge in [0.1, 0.15) is 6.10 Å². The number of nitro benzene ring substituents is 1. The van der Waals surface area contributed by atoms with Gasteiger partial charge in [0.05, 0.1) is 18.6 Å². The largest absolute Gasteiger partial charge is 0.459 e. The normalized spacial score (nSPS) is 24.2. The highest BCUT2D eigenvalue weighted by atomic mass is 28.3. The summed E-state index contributed by atoms with van der Waals surface area (Å²) < 4.78 is 5.90. The molecule has 5 nitrogen and oxygen atoms in total. The van der Waals surface area contributed by atoms with Crippen molar-refractivity contribution in [3.05, 3.63) is 39.9 Å². The van der Waals surface area contributed by atoms with Crippen molar-refractivity contribution >= 4 is 19.7 Å². The Labute approximate surface area is 157 Å². The van der Waals surface area contributed by atoms with Crippen molar-refractivity contribution < 1.29 is 14.5 Å². The number of nitro groups is 1. The van der Waals surface area contributed by atoms with Gasteiger partial charge in [-0.2, -0.15) is 0 Å². The van der Waals surface area contributed by atoms with E-state index >= 15 is 0 Å². The molecule has 26 heavy (non-hydrogen) atoms. The zero-order valence-electron chi connectivity index (χ0n) is 16.7. The van der Waals surface area contributed by atoms with Crippen molar-refractivity contribution in [3.8, 4) is 0 Å². The van der Waals surface area contributed by atoms with Crippen LogP contribution in [0.3, 0.4) is 0 Å². The molecule has 2 rings (SSSR count). The molecule has 3 atom stereocenters. The van der Waals surface area contributed by atoms with Crippen molar-refractivity contribution in [1.82, 2.24) is 0 Å². The number of hydrogen-bond acceptors (Lipinski definition) is 4. The van der Waals surface area contributed by atoms with Crippen LogP contribution in [0.25, 0.3) is 0 Å². The maximum Gasteiger partial charge on any atom is 0.338 e. The van der Waals surface area contributed by atoms with Gasteiger partial charge in [0.25, 0.3) is 5.69 Å². The number of carbonyl (C=O) groups is 1. The molecular formula is C20H31NO4Si. The Morgan fingerprint density at radius 3 is 2.19 bits per heavy atom. The van der Waals surface area contributed by atoms with Crippen LogP contribution in [0.15, 0.2) is 24.3 Å². The maximum absolute atomic E-state index is 12.6. The van der Waals surface area contributed by atoms with E-state index in [9.17, 15) is 14.9 Å². The Morgan fingerprint density at radius 2 is 1.73 bits per heavy atom. The number of non-ortho nitro benzene ring substituents is 1. The second-order valence-electron chi connectivity index (χ2n) is 9.60. The minimum atomic E-state index is -1.50. The molecule has 0 aromatic heterocycles. The number of ether oxygens (including phenoxy) is 1. The SMILES string of the molecule is CC(C)(C)[C@H]1CC[C@@H](OC(=O)c2ccc([N+](=O)[O-])cc2)[C@H]([Si](C)(C)C)C1. The minimum Gasteiger partial charge on any atom is -0.459 e. The molecule has 0 heterocycles. The van der Waals surface area contributed by atoms with Crippen LogP contribution < -0.4 is 0 Å². The molecule has 1 aliphatic carbocycles. The maximum atomic E-state index is 12.6. The Kier molecular flexibility index (Phi) is 5.95. The molecule has 0 spiro atoms. The van der Waals surface area contributed by atoms with Crippen LogP contribution in [0.1, 0.15) is 50.4 Å². The molecule has 144 valence electrons. The summed E-state index contributed by atoms with van der Waals surface area (Å²) >= 11 is 0. The third-order valence-corrected chi connectivity index (χ3v) is 8.53. The van der Waals surface area contributed by atoms with Crippen molar-refractivity contribution in [3.63, 3.8) is 0 Å². The molecule has 1 saturated carbocycles. The highest BCUT2D eigenvalue weighted by Crippen LogP contribution is 2.47. The minimum absolute atomic E-state index is 0.0211. The molecule has 0 amide bonds. The second kappa shape index (κ2) is 7.51. The van der Waals surface area contributed by atoms with Gasteiger partial charge in [-0.05, 0) is 48.3 Å². The molecule has 0 bridgehead atoms. The lowest BCUT2D eigenvalue weighted by atomic mass is 9.71. The van der Waals surface area contributed by atoms with Crippen LogP contribution >= 0.6 is 0 Å². The summed E-state index contributed by atoms with van der Waals surface area (Å²) in [6.07, 6.45) is 3.03. The zero-order valence-corrected chi connectivity index (χ0v) is 17.7. The van der Waals surface area contributed by atoms with Gasteiger partial charge in [-0.25, -0.2) is 4.79 Å². The first-order valence-corrected chi connectivity index (χ1v) is 12.9.